The van der Waals surface area contributed by atoms with Crippen molar-refractivity contribution in [3.63, 3.8) is 0 Å². The highest BCUT2D eigenvalue weighted by Gasteiger charge is 2.09. The molecule has 2 N–H and O–H groups in total. The third kappa shape index (κ3) is 2.62. The molecule has 0 saturated heterocycles. The zero-order valence-corrected chi connectivity index (χ0v) is 11.6. The van der Waals surface area contributed by atoms with E-state index in [1.807, 2.05) is 7.05 Å². The van der Waals surface area contributed by atoms with Gasteiger partial charge in [-0.1, -0.05) is 18.2 Å². The first-order valence-electron chi connectivity index (χ1n) is 6.36. The van der Waals surface area contributed by atoms with Gasteiger partial charge in [0.15, 0.2) is 0 Å². The van der Waals surface area contributed by atoms with E-state index in [9.17, 15) is 0 Å². The number of nitrogens with zero attached hydrogens (tertiary/aromatic N) is 1. The molecular formula is C15H21N3. The van der Waals surface area contributed by atoms with E-state index in [-0.39, 0.29) is 0 Å². The molecule has 18 heavy (non-hydrogen) atoms. The minimum Gasteiger partial charge on any atom is -0.345 e. The third-order valence-corrected chi connectivity index (χ3v) is 3.45. The molecule has 0 aliphatic heterocycles. The van der Waals surface area contributed by atoms with Crippen molar-refractivity contribution >= 4 is 0 Å². The van der Waals surface area contributed by atoms with Crippen LogP contribution in [-0.4, -0.2) is 17.0 Å². The molecule has 96 valence electrons. The van der Waals surface area contributed by atoms with Gasteiger partial charge in [0.25, 0.3) is 0 Å². The Morgan fingerprint density at radius 1 is 1.22 bits per heavy atom. The highest BCUT2D eigenvalue weighted by Crippen LogP contribution is 2.18. The fourth-order valence-electron chi connectivity index (χ4n) is 2.17. The van der Waals surface area contributed by atoms with Crippen LogP contribution in [0.1, 0.15) is 33.9 Å². The molecule has 3 nitrogen and oxygen atoms in total. The lowest BCUT2D eigenvalue weighted by Crippen LogP contribution is -2.06. The summed E-state index contributed by atoms with van der Waals surface area (Å²) >= 11 is 0. The largest absolute Gasteiger partial charge is 0.345 e. The van der Waals surface area contributed by atoms with Gasteiger partial charge < -0.3 is 10.3 Å². The van der Waals surface area contributed by atoms with Gasteiger partial charge in [-0.2, -0.15) is 0 Å². The number of hydrogen-bond acceptors (Lipinski definition) is 2. The van der Waals surface area contributed by atoms with Crippen LogP contribution in [0.5, 0.6) is 0 Å². The van der Waals surface area contributed by atoms with E-state index in [4.69, 9.17) is 0 Å². The van der Waals surface area contributed by atoms with Crippen LogP contribution in [0, 0.1) is 20.8 Å². The predicted octanol–water partition coefficient (Wildman–Crippen LogP) is 2.65. The molecule has 0 amide bonds. The number of aryl methyl sites for hydroxylation is 2. The van der Waals surface area contributed by atoms with Crippen LogP contribution >= 0.6 is 0 Å². The minimum absolute atomic E-state index is 0.785. The summed E-state index contributed by atoms with van der Waals surface area (Å²) in [6.07, 6.45) is 0.902. The number of hydrogen-bond donors (Lipinski definition) is 2. The number of rotatable bonds is 4. The second-order valence-electron chi connectivity index (χ2n) is 4.82. The van der Waals surface area contributed by atoms with E-state index >= 15 is 0 Å². The van der Waals surface area contributed by atoms with Gasteiger partial charge in [0.2, 0.25) is 0 Å². The van der Waals surface area contributed by atoms with Gasteiger partial charge in [-0.05, 0) is 44.5 Å². The Morgan fingerprint density at radius 2 is 2.00 bits per heavy atom. The fraction of sp³-hybridized carbons (Fsp3) is 0.400. The molecule has 3 heteroatoms. The summed E-state index contributed by atoms with van der Waals surface area (Å²) in [5.41, 5.74) is 6.39. The SMILES string of the molecule is CNCc1nc(Cc2cccc(C)c2C)c(C)[nH]1. The Kier molecular flexibility index (Phi) is 3.82. The van der Waals surface area contributed by atoms with E-state index < -0.39 is 0 Å². The van der Waals surface area contributed by atoms with Crippen LogP contribution < -0.4 is 5.32 Å². The Labute approximate surface area is 109 Å². The van der Waals surface area contributed by atoms with E-state index in [2.05, 4.69) is 54.3 Å². The van der Waals surface area contributed by atoms with Crippen molar-refractivity contribution in [1.82, 2.24) is 15.3 Å². The topological polar surface area (TPSA) is 40.7 Å². The van der Waals surface area contributed by atoms with Crippen LogP contribution in [0.15, 0.2) is 18.2 Å². The smallest absolute Gasteiger partial charge is 0.120 e. The Hall–Kier alpha value is -1.61. The predicted molar refractivity (Wildman–Crippen MR) is 74.8 cm³/mol. The van der Waals surface area contributed by atoms with Gasteiger partial charge >= 0.3 is 0 Å². The van der Waals surface area contributed by atoms with Crippen LogP contribution in [0.25, 0.3) is 0 Å². The first kappa shape index (κ1) is 12.8. The summed E-state index contributed by atoms with van der Waals surface area (Å²) < 4.78 is 0. The summed E-state index contributed by atoms with van der Waals surface area (Å²) in [6.45, 7) is 7.21. The van der Waals surface area contributed by atoms with Gasteiger partial charge in [-0.3, -0.25) is 0 Å². The monoisotopic (exact) mass is 243 g/mol. The lowest BCUT2D eigenvalue weighted by Gasteiger charge is -2.07. The van der Waals surface area contributed by atoms with E-state index in [0.29, 0.717) is 0 Å². The molecule has 0 atom stereocenters. The average molecular weight is 243 g/mol. The molecule has 0 aliphatic rings. The van der Waals surface area contributed by atoms with Gasteiger partial charge in [0.05, 0.1) is 12.2 Å². The first-order valence-corrected chi connectivity index (χ1v) is 6.36. The number of imidazole rings is 1. The second kappa shape index (κ2) is 5.36. The fourth-order valence-corrected chi connectivity index (χ4v) is 2.17. The van der Waals surface area contributed by atoms with Crippen molar-refractivity contribution in [3.8, 4) is 0 Å². The summed E-state index contributed by atoms with van der Waals surface area (Å²) in [5, 5.41) is 3.12. The van der Waals surface area contributed by atoms with Crippen molar-refractivity contribution in [3.05, 3.63) is 52.1 Å². The number of H-pyrrole nitrogens is 1. The van der Waals surface area contributed by atoms with Crippen molar-refractivity contribution < 1.29 is 0 Å². The molecule has 1 aromatic carbocycles. The van der Waals surface area contributed by atoms with E-state index in [1.165, 1.54) is 22.4 Å². The molecule has 0 radical (unpaired) electrons. The molecule has 0 saturated carbocycles. The van der Waals surface area contributed by atoms with Crippen molar-refractivity contribution in [2.75, 3.05) is 7.05 Å². The maximum Gasteiger partial charge on any atom is 0.120 e. The maximum atomic E-state index is 4.65. The van der Waals surface area contributed by atoms with Crippen LogP contribution in [-0.2, 0) is 13.0 Å². The van der Waals surface area contributed by atoms with Crippen molar-refractivity contribution in [1.29, 1.82) is 0 Å². The third-order valence-electron chi connectivity index (χ3n) is 3.45. The maximum absolute atomic E-state index is 4.65. The molecule has 0 fully saturated rings. The van der Waals surface area contributed by atoms with Gasteiger partial charge in [-0.25, -0.2) is 4.98 Å². The minimum atomic E-state index is 0.785. The first-order chi connectivity index (χ1) is 8.61. The lowest BCUT2D eigenvalue weighted by atomic mass is 9.99. The van der Waals surface area contributed by atoms with E-state index in [1.54, 1.807) is 0 Å². The summed E-state index contributed by atoms with van der Waals surface area (Å²) in [5.74, 6) is 1.01. The van der Waals surface area contributed by atoms with Crippen LogP contribution in [0.4, 0.5) is 0 Å². The number of nitrogens with one attached hydrogen (secondary N) is 2. The Bertz CT molecular complexity index is 541. The number of aromatic amines is 1. The van der Waals surface area contributed by atoms with Crippen molar-refractivity contribution in [2.45, 2.75) is 33.7 Å². The highest BCUT2D eigenvalue weighted by molar-refractivity contribution is 5.36. The molecule has 2 rings (SSSR count). The number of benzene rings is 1. The standard InChI is InChI=1S/C15H21N3/c1-10-6-5-7-13(11(10)2)8-14-12(3)17-15(18-14)9-16-4/h5-7,16H,8-9H2,1-4H3,(H,17,18). The van der Waals surface area contributed by atoms with Crippen LogP contribution in [0.2, 0.25) is 0 Å². The summed E-state index contributed by atoms with van der Waals surface area (Å²) in [6, 6.07) is 6.46. The quantitative estimate of drug-likeness (QED) is 0.866. The Balaban J connectivity index is 2.25. The molecule has 1 heterocycles. The zero-order valence-electron chi connectivity index (χ0n) is 11.6. The van der Waals surface area contributed by atoms with Crippen molar-refractivity contribution in [2.24, 2.45) is 0 Å². The normalized spacial score (nSPS) is 10.9. The molecule has 0 bridgehead atoms. The average Bonchev–Trinajstić information content (AvgIpc) is 2.66. The molecule has 0 unspecified atom stereocenters. The second-order valence-corrected chi connectivity index (χ2v) is 4.82. The highest BCUT2D eigenvalue weighted by atomic mass is 15.0. The molecule has 1 aromatic heterocycles. The molecular weight excluding hydrogens is 222 g/mol. The summed E-state index contributed by atoms with van der Waals surface area (Å²) in [7, 11) is 1.93. The van der Waals surface area contributed by atoms with E-state index in [0.717, 1.165) is 24.5 Å². The lowest BCUT2D eigenvalue weighted by molar-refractivity contribution is 0.768. The van der Waals surface area contributed by atoms with Crippen LogP contribution in [0.3, 0.4) is 0 Å². The van der Waals surface area contributed by atoms with Gasteiger partial charge in [0.1, 0.15) is 5.82 Å². The molecule has 0 aliphatic carbocycles. The molecule has 2 aromatic rings. The number of aromatic nitrogens is 2. The van der Waals surface area contributed by atoms with Gasteiger partial charge in [-0.15, -0.1) is 0 Å². The summed E-state index contributed by atoms with van der Waals surface area (Å²) in [4.78, 5) is 7.97. The van der Waals surface area contributed by atoms with Gasteiger partial charge in [0, 0.05) is 12.1 Å². The Morgan fingerprint density at radius 3 is 2.72 bits per heavy atom. The zero-order chi connectivity index (χ0) is 13.1. The molecule has 0 spiro atoms.